The van der Waals surface area contributed by atoms with Crippen LogP contribution in [0.5, 0.6) is 0 Å². The van der Waals surface area contributed by atoms with E-state index in [2.05, 4.69) is 10.1 Å². The van der Waals surface area contributed by atoms with Crippen LogP contribution in [-0.4, -0.2) is 25.8 Å². The molecule has 0 aliphatic heterocycles. The number of hydrogen-bond donors (Lipinski definition) is 1. The molecule has 0 fully saturated rings. The molecule has 104 valence electrons. The van der Waals surface area contributed by atoms with Crippen molar-refractivity contribution in [2.24, 2.45) is 0 Å². The molecular formula is C15H10FN3O2. The fourth-order valence-corrected chi connectivity index (χ4v) is 2.00. The van der Waals surface area contributed by atoms with Crippen LogP contribution in [0.2, 0.25) is 0 Å². The molecule has 0 saturated heterocycles. The Morgan fingerprint density at radius 1 is 1.24 bits per heavy atom. The Balaban J connectivity index is 2.15. The zero-order valence-corrected chi connectivity index (χ0v) is 10.8. The highest BCUT2D eigenvalue weighted by molar-refractivity contribution is 5.94. The van der Waals surface area contributed by atoms with E-state index in [1.807, 2.05) is 0 Å². The first kappa shape index (κ1) is 13.0. The van der Waals surface area contributed by atoms with Gasteiger partial charge >= 0.3 is 5.97 Å². The van der Waals surface area contributed by atoms with Gasteiger partial charge in [0.25, 0.3) is 0 Å². The molecule has 3 rings (SSSR count). The van der Waals surface area contributed by atoms with Gasteiger partial charge in [-0.3, -0.25) is 4.98 Å². The number of nitrogens with zero attached hydrogens (tertiary/aromatic N) is 3. The number of carboxylic acids is 1. The van der Waals surface area contributed by atoms with Crippen molar-refractivity contribution >= 4 is 5.97 Å². The SMILES string of the molecule is O=C(O)c1cn(-c2cccc(F)c2)nc1-c1cccnc1. The molecule has 5 nitrogen and oxygen atoms in total. The molecule has 0 unspecified atom stereocenters. The highest BCUT2D eigenvalue weighted by Gasteiger charge is 2.18. The number of aromatic nitrogens is 3. The van der Waals surface area contributed by atoms with Crippen LogP contribution in [0, 0.1) is 5.82 Å². The average Bonchev–Trinajstić information content (AvgIpc) is 2.93. The molecule has 21 heavy (non-hydrogen) atoms. The first-order chi connectivity index (χ1) is 10.1. The van der Waals surface area contributed by atoms with Gasteiger partial charge in [-0.1, -0.05) is 6.07 Å². The van der Waals surface area contributed by atoms with Gasteiger partial charge in [0, 0.05) is 24.2 Å². The summed E-state index contributed by atoms with van der Waals surface area (Å²) in [6, 6.07) is 9.20. The van der Waals surface area contributed by atoms with E-state index in [9.17, 15) is 14.3 Å². The molecule has 2 aromatic heterocycles. The number of hydrogen-bond acceptors (Lipinski definition) is 3. The molecule has 0 bridgehead atoms. The molecule has 0 spiro atoms. The lowest BCUT2D eigenvalue weighted by Gasteiger charge is -2.00. The van der Waals surface area contributed by atoms with E-state index in [-0.39, 0.29) is 5.56 Å². The molecule has 0 saturated carbocycles. The average molecular weight is 283 g/mol. The van der Waals surface area contributed by atoms with Crippen molar-refractivity contribution in [1.29, 1.82) is 0 Å². The van der Waals surface area contributed by atoms with Crippen molar-refractivity contribution in [3.05, 3.63) is 66.4 Å². The molecule has 0 atom stereocenters. The maximum atomic E-state index is 13.3. The van der Waals surface area contributed by atoms with Gasteiger partial charge in [0.15, 0.2) is 0 Å². The number of carboxylic acid groups (broad SMARTS) is 1. The van der Waals surface area contributed by atoms with Crippen LogP contribution in [0.15, 0.2) is 55.0 Å². The Labute approximate surface area is 119 Å². The summed E-state index contributed by atoms with van der Waals surface area (Å²) < 4.78 is 14.6. The van der Waals surface area contributed by atoms with E-state index in [4.69, 9.17) is 0 Å². The summed E-state index contributed by atoms with van der Waals surface area (Å²) >= 11 is 0. The van der Waals surface area contributed by atoms with Crippen molar-refractivity contribution in [2.45, 2.75) is 0 Å². The fourth-order valence-electron chi connectivity index (χ4n) is 2.00. The number of halogens is 1. The van der Waals surface area contributed by atoms with Gasteiger partial charge in [0.2, 0.25) is 0 Å². The third-order valence-electron chi connectivity index (χ3n) is 2.95. The number of benzene rings is 1. The first-order valence-electron chi connectivity index (χ1n) is 6.14. The summed E-state index contributed by atoms with van der Waals surface area (Å²) in [6.07, 6.45) is 4.48. The van der Waals surface area contributed by atoms with Crippen LogP contribution in [0.4, 0.5) is 4.39 Å². The van der Waals surface area contributed by atoms with Gasteiger partial charge in [-0.25, -0.2) is 13.9 Å². The molecule has 0 radical (unpaired) electrons. The molecule has 0 aliphatic carbocycles. The van der Waals surface area contributed by atoms with Crippen LogP contribution in [0.25, 0.3) is 16.9 Å². The highest BCUT2D eigenvalue weighted by atomic mass is 19.1. The maximum Gasteiger partial charge on any atom is 0.339 e. The van der Waals surface area contributed by atoms with Crippen LogP contribution in [0.1, 0.15) is 10.4 Å². The maximum absolute atomic E-state index is 13.3. The third-order valence-corrected chi connectivity index (χ3v) is 2.95. The molecule has 2 heterocycles. The van der Waals surface area contributed by atoms with Gasteiger partial charge in [0.1, 0.15) is 17.1 Å². The van der Waals surface area contributed by atoms with E-state index >= 15 is 0 Å². The van der Waals surface area contributed by atoms with E-state index in [1.165, 1.54) is 35.3 Å². The first-order valence-corrected chi connectivity index (χ1v) is 6.14. The Kier molecular flexibility index (Phi) is 3.19. The van der Waals surface area contributed by atoms with Crippen molar-refractivity contribution in [3.8, 4) is 16.9 Å². The smallest absolute Gasteiger partial charge is 0.339 e. The second-order valence-electron chi connectivity index (χ2n) is 4.36. The van der Waals surface area contributed by atoms with Gasteiger partial charge in [-0.15, -0.1) is 0 Å². The van der Waals surface area contributed by atoms with Crippen LogP contribution in [0.3, 0.4) is 0 Å². The van der Waals surface area contributed by atoms with E-state index in [0.29, 0.717) is 16.9 Å². The summed E-state index contributed by atoms with van der Waals surface area (Å²) in [6.45, 7) is 0. The van der Waals surface area contributed by atoms with Crippen LogP contribution < -0.4 is 0 Å². The van der Waals surface area contributed by atoms with Gasteiger partial charge in [-0.05, 0) is 30.3 Å². The monoisotopic (exact) mass is 283 g/mol. The Morgan fingerprint density at radius 2 is 2.10 bits per heavy atom. The highest BCUT2D eigenvalue weighted by Crippen LogP contribution is 2.23. The summed E-state index contributed by atoms with van der Waals surface area (Å²) in [5, 5.41) is 13.5. The Morgan fingerprint density at radius 3 is 2.76 bits per heavy atom. The number of pyridine rings is 1. The second kappa shape index (κ2) is 5.16. The standard InChI is InChI=1S/C15H10FN3O2/c16-11-4-1-5-12(7-11)19-9-13(15(20)21)14(18-19)10-3-2-6-17-8-10/h1-9H,(H,20,21). The van der Waals surface area contributed by atoms with E-state index < -0.39 is 11.8 Å². The molecule has 0 aliphatic rings. The summed E-state index contributed by atoms with van der Waals surface area (Å²) in [4.78, 5) is 15.3. The Hall–Kier alpha value is -3.02. The van der Waals surface area contributed by atoms with Gasteiger partial charge in [0.05, 0.1) is 5.69 Å². The fraction of sp³-hybridized carbons (Fsp3) is 0. The third kappa shape index (κ3) is 2.51. The predicted molar refractivity (Wildman–Crippen MR) is 73.7 cm³/mol. The van der Waals surface area contributed by atoms with Crippen molar-refractivity contribution in [2.75, 3.05) is 0 Å². The minimum atomic E-state index is -1.10. The molecule has 6 heteroatoms. The molecule has 1 N–H and O–H groups in total. The Bertz CT molecular complexity index is 800. The number of rotatable bonds is 3. The van der Waals surface area contributed by atoms with E-state index in [0.717, 1.165) is 0 Å². The predicted octanol–water partition coefficient (Wildman–Crippen LogP) is 2.77. The zero-order valence-electron chi connectivity index (χ0n) is 10.8. The van der Waals surface area contributed by atoms with Gasteiger partial charge in [-0.2, -0.15) is 5.10 Å². The molecule has 1 aromatic carbocycles. The van der Waals surface area contributed by atoms with Crippen LogP contribution in [-0.2, 0) is 0 Å². The minimum Gasteiger partial charge on any atom is -0.478 e. The summed E-state index contributed by atoms with van der Waals surface area (Å²) in [5.41, 5.74) is 1.37. The zero-order chi connectivity index (χ0) is 14.8. The van der Waals surface area contributed by atoms with E-state index in [1.54, 1.807) is 24.4 Å². The number of aromatic carboxylic acids is 1. The molecule has 3 aromatic rings. The lowest BCUT2D eigenvalue weighted by molar-refractivity contribution is 0.0697. The minimum absolute atomic E-state index is 0.0345. The van der Waals surface area contributed by atoms with Crippen molar-refractivity contribution in [1.82, 2.24) is 14.8 Å². The largest absolute Gasteiger partial charge is 0.478 e. The molecular weight excluding hydrogens is 273 g/mol. The van der Waals surface area contributed by atoms with Crippen molar-refractivity contribution in [3.63, 3.8) is 0 Å². The second-order valence-corrected chi connectivity index (χ2v) is 4.36. The molecule has 0 amide bonds. The topological polar surface area (TPSA) is 68.0 Å². The van der Waals surface area contributed by atoms with Crippen LogP contribution >= 0.6 is 0 Å². The normalized spacial score (nSPS) is 10.5. The van der Waals surface area contributed by atoms with Crippen molar-refractivity contribution < 1.29 is 14.3 Å². The number of carbonyl (C=O) groups is 1. The lowest BCUT2D eigenvalue weighted by Crippen LogP contribution is -1.96. The quantitative estimate of drug-likeness (QED) is 0.802. The van der Waals surface area contributed by atoms with Gasteiger partial charge < -0.3 is 5.11 Å². The lowest BCUT2D eigenvalue weighted by atomic mass is 10.1. The summed E-state index contributed by atoms with van der Waals surface area (Å²) in [5.74, 6) is -1.51. The summed E-state index contributed by atoms with van der Waals surface area (Å²) in [7, 11) is 0.